The highest BCUT2D eigenvalue weighted by molar-refractivity contribution is 5.61. The molecule has 23 heavy (non-hydrogen) atoms. The van der Waals surface area contributed by atoms with E-state index in [2.05, 4.69) is 26.2 Å². The van der Waals surface area contributed by atoms with Crippen molar-refractivity contribution in [2.24, 2.45) is 5.92 Å². The Morgan fingerprint density at radius 3 is 2.83 bits per heavy atom. The lowest BCUT2D eigenvalue weighted by atomic mass is 9.53. The zero-order chi connectivity index (χ0) is 15.3. The highest BCUT2D eigenvalue weighted by atomic mass is 35.5. The van der Waals surface area contributed by atoms with Crippen LogP contribution in [0.4, 0.5) is 0 Å². The first kappa shape index (κ1) is 15.3. The van der Waals surface area contributed by atoms with E-state index in [0.29, 0.717) is 17.7 Å². The number of rotatable bonds is 0. The van der Waals surface area contributed by atoms with E-state index in [1.807, 2.05) is 6.08 Å². The number of phenols is 1. The molecule has 1 saturated heterocycles. The Labute approximate surface area is 142 Å². The van der Waals surface area contributed by atoms with Crippen molar-refractivity contribution in [1.29, 1.82) is 0 Å². The van der Waals surface area contributed by atoms with Gasteiger partial charge in [-0.15, -0.1) is 0 Å². The molecule has 2 N–H and O–H groups in total. The minimum atomic E-state index is -0.594. The zero-order valence-electron chi connectivity index (χ0n) is 13.4. The quantitative estimate of drug-likeness (QED) is 0.441. The number of benzene rings is 1. The standard InChI is InChI=1S/C18H21NO3.ClH/c1-19(2)8-7-18-11-4-6-14(21)17(18)22-16-13(20)5-3-10(15(16)18)9-12(11)19;/h3-6,11-12,14,17,21H,7-9H2,1-2H3;1H/t11-,12+,14?,17?,18-;/m0./s1. The molecule has 1 aromatic carbocycles. The van der Waals surface area contributed by atoms with E-state index >= 15 is 0 Å². The van der Waals surface area contributed by atoms with Crippen LogP contribution in [0.5, 0.6) is 11.5 Å². The van der Waals surface area contributed by atoms with E-state index in [4.69, 9.17) is 4.74 Å². The first-order valence-electron chi connectivity index (χ1n) is 8.16. The molecule has 4 aliphatic rings. The molecule has 5 atom stereocenters. The van der Waals surface area contributed by atoms with Crippen LogP contribution < -0.4 is 17.1 Å². The van der Waals surface area contributed by atoms with Gasteiger partial charge >= 0.3 is 0 Å². The number of halogens is 1. The average Bonchev–Trinajstić information content (AvgIpc) is 2.84. The lowest BCUT2D eigenvalue weighted by Crippen LogP contribution is -3.00. The van der Waals surface area contributed by atoms with Gasteiger partial charge < -0.3 is 31.8 Å². The van der Waals surface area contributed by atoms with Gasteiger partial charge in [-0.2, -0.15) is 0 Å². The first-order chi connectivity index (χ1) is 10.4. The van der Waals surface area contributed by atoms with E-state index in [1.54, 1.807) is 6.07 Å². The smallest absolute Gasteiger partial charge is 0.165 e. The molecule has 0 aromatic heterocycles. The van der Waals surface area contributed by atoms with Gasteiger partial charge in [0, 0.05) is 24.3 Å². The third-order valence-electron chi connectivity index (χ3n) is 6.70. The molecule has 2 heterocycles. The second kappa shape index (κ2) is 4.44. The van der Waals surface area contributed by atoms with Crippen LogP contribution in [-0.2, 0) is 11.8 Å². The van der Waals surface area contributed by atoms with Gasteiger partial charge in [0.2, 0.25) is 0 Å². The van der Waals surface area contributed by atoms with E-state index in [-0.39, 0.29) is 29.7 Å². The molecule has 5 heteroatoms. The molecule has 2 bridgehead atoms. The number of likely N-dealkylation sites (N-methyl/N-ethyl adjacent to an activating group) is 1. The van der Waals surface area contributed by atoms with Crippen molar-refractivity contribution in [2.45, 2.75) is 36.5 Å². The number of aliphatic hydroxyl groups is 1. The predicted molar refractivity (Wildman–Crippen MR) is 81.9 cm³/mol. The molecular weight excluding hydrogens is 314 g/mol. The number of nitrogens with zero attached hydrogens (tertiary/aromatic N) is 1. The van der Waals surface area contributed by atoms with Gasteiger partial charge in [0.15, 0.2) is 11.5 Å². The summed E-state index contributed by atoms with van der Waals surface area (Å²) in [7, 11) is 4.63. The van der Waals surface area contributed by atoms with Gasteiger partial charge in [-0.3, -0.25) is 0 Å². The number of quaternary nitrogens is 1. The maximum atomic E-state index is 10.5. The van der Waals surface area contributed by atoms with Gasteiger partial charge in [0.05, 0.1) is 26.1 Å². The Hall–Kier alpha value is -1.23. The summed E-state index contributed by atoms with van der Waals surface area (Å²) >= 11 is 0. The van der Waals surface area contributed by atoms with Crippen molar-refractivity contribution in [2.75, 3.05) is 20.6 Å². The lowest BCUT2D eigenvalue weighted by Gasteiger charge is -2.58. The van der Waals surface area contributed by atoms with Gasteiger partial charge in [-0.1, -0.05) is 18.2 Å². The Kier molecular flexibility index (Phi) is 2.95. The number of aromatic hydroxyl groups is 1. The Morgan fingerprint density at radius 2 is 2.04 bits per heavy atom. The van der Waals surface area contributed by atoms with Crippen LogP contribution >= 0.6 is 0 Å². The summed E-state index contributed by atoms with van der Waals surface area (Å²) in [6.07, 6.45) is 5.28. The molecule has 4 nitrogen and oxygen atoms in total. The second-order valence-corrected chi connectivity index (χ2v) is 7.95. The molecule has 2 aliphatic carbocycles. The number of likely N-dealkylation sites (tertiary alicyclic amines) is 1. The maximum absolute atomic E-state index is 10.5. The van der Waals surface area contributed by atoms with Crippen molar-refractivity contribution in [3.63, 3.8) is 0 Å². The van der Waals surface area contributed by atoms with Crippen molar-refractivity contribution in [3.05, 3.63) is 35.4 Å². The number of hydrogen-bond donors (Lipinski definition) is 2. The Balaban J connectivity index is 0.00000135. The Morgan fingerprint density at radius 1 is 1.26 bits per heavy atom. The van der Waals surface area contributed by atoms with Gasteiger partial charge in [-0.25, -0.2) is 0 Å². The van der Waals surface area contributed by atoms with E-state index in [0.717, 1.165) is 23.9 Å². The number of ether oxygens (including phenoxy) is 1. The van der Waals surface area contributed by atoms with Crippen molar-refractivity contribution in [3.8, 4) is 11.5 Å². The summed E-state index contributed by atoms with van der Waals surface area (Å²) in [4.78, 5) is 0. The van der Waals surface area contributed by atoms with E-state index in [9.17, 15) is 10.2 Å². The average molecular weight is 336 g/mol. The van der Waals surface area contributed by atoms with Gasteiger partial charge in [0.1, 0.15) is 18.2 Å². The molecule has 5 rings (SSSR count). The largest absolute Gasteiger partial charge is 1.00 e. The second-order valence-electron chi connectivity index (χ2n) is 7.95. The van der Waals surface area contributed by atoms with Gasteiger partial charge in [-0.05, 0) is 11.6 Å². The molecule has 2 unspecified atom stereocenters. The molecule has 1 fully saturated rings. The third-order valence-corrected chi connectivity index (χ3v) is 6.70. The summed E-state index contributed by atoms with van der Waals surface area (Å²) < 4.78 is 7.14. The molecular formula is C18H22ClNO3. The molecule has 0 saturated carbocycles. The summed E-state index contributed by atoms with van der Waals surface area (Å²) in [6.45, 7) is 1.08. The van der Waals surface area contributed by atoms with E-state index in [1.165, 1.54) is 11.1 Å². The van der Waals surface area contributed by atoms with Crippen LogP contribution in [0.1, 0.15) is 17.5 Å². The normalized spacial score (nSPS) is 40.8. The SMILES string of the molecule is C[N+]1(C)CC[C@]23c4c5ccc(O)c4OC2C(O)C=C[C@H]3[C@H]1C5.[Cl-]. The van der Waals surface area contributed by atoms with Crippen LogP contribution in [0.15, 0.2) is 24.3 Å². The summed E-state index contributed by atoms with van der Waals surface area (Å²) in [6, 6.07) is 4.31. The minimum absolute atomic E-state index is 0. The van der Waals surface area contributed by atoms with Crippen LogP contribution in [0.2, 0.25) is 0 Å². The summed E-state index contributed by atoms with van der Waals surface area (Å²) in [5.74, 6) is 1.22. The summed E-state index contributed by atoms with van der Waals surface area (Å²) in [5, 5.41) is 20.8. The van der Waals surface area contributed by atoms with Crippen LogP contribution in [-0.4, -0.2) is 53.6 Å². The van der Waals surface area contributed by atoms with Gasteiger partial charge in [0.25, 0.3) is 0 Å². The molecule has 1 spiro atoms. The van der Waals surface area contributed by atoms with Crippen molar-refractivity contribution >= 4 is 0 Å². The number of hydrogen-bond acceptors (Lipinski definition) is 3. The summed E-state index contributed by atoms with van der Waals surface area (Å²) in [5.41, 5.74) is 2.32. The lowest BCUT2D eigenvalue weighted by molar-refractivity contribution is -0.926. The minimum Gasteiger partial charge on any atom is -1.00 e. The number of aliphatic hydroxyl groups excluding tert-OH is 1. The van der Waals surface area contributed by atoms with Crippen molar-refractivity contribution < 1.29 is 31.8 Å². The fourth-order valence-corrected chi connectivity index (χ4v) is 5.60. The molecule has 0 amide bonds. The monoisotopic (exact) mass is 335 g/mol. The predicted octanol–water partition coefficient (Wildman–Crippen LogP) is -1.65. The number of piperidine rings is 1. The fourth-order valence-electron chi connectivity index (χ4n) is 5.60. The van der Waals surface area contributed by atoms with Crippen LogP contribution in [0.3, 0.4) is 0 Å². The Bertz CT molecular complexity index is 716. The van der Waals surface area contributed by atoms with Crippen LogP contribution in [0, 0.1) is 5.92 Å². The molecule has 1 aromatic rings. The first-order valence-corrected chi connectivity index (χ1v) is 8.16. The van der Waals surface area contributed by atoms with Crippen LogP contribution in [0.25, 0.3) is 0 Å². The highest BCUT2D eigenvalue weighted by Gasteiger charge is 2.67. The highest BCUT2D eigenvalue weighted by Crippen LogP contribution is 2.63. The molecule has 2 aliphatic heterocycles. The molecule has 124 valence electrons. The fraction of sp³-hybridized carbons (Fsp3) is 0.556. The zero-order valence-corrected chi connectivity index (χ0v) is 14.1. The third kappa shape index (κ3) is 1.59. The maximum Gasteiger partial charge on any atom is 0.165 e. The van der Waals surface area contributed by atoms with E-state index < -0.39 is 6.10 Å². The number of phenolic OH excluding ortho intramolecular Hbond substituents is 1. The molecule has 0 radical (unpaired) electrons. The van der Waals surface area contributed by atoms with Crippen molar-refractivity contribution in [1.82, 2.24) is 0 Å². The topological polar surface area (TPSA) is 49.7 Å².